The predicted octanol–water partition coefficient (Wildman–Crippen LogP) is 3.29. The number of nitro groups is 1. The van der Waals surface area contributed by atoms with Gasteiger partial charge in [-0.15, -0.1) is 0 Å². The van der Waals surface area contributed by atoms with E-state index in [0.717, 1.165) is 25.1 Å². The topological polar surface area (TPSA) is 47.6 Å². The van der Waals surface area contributed by atoms with Crippen molar-refractivity contribution in [1.29, 1.82) is 0 Å². The fourth-order valence-electron chi connectivity index (χ4n) is 3.56. The molecule has 2 aromatic carbocycles. The molecule has 0 saturated carbocycles. The highest BCUT2D eigenvalue weighted by atomic mass is 35.5. The standard InChI is InChI=1S/C19H21ClN2O2/c20-18-6-7-19(22(23)24)17(13-18)14-21-10-8-16(9-11-21)12-15-4-2-1-3-5-15/h1-7,13,16H,8-12,14H2/p+1. The van der Waals surface area contributed by atoms with E-state index >= 15 is 0 Å². The minimum absolute atomic E-state index is 0.179. The SMILES string of the molecule is O=[N+]([O-])c1ccc(Cl)cc1C[NH+]1CCC(Cc2ccccc2)CC1. The maximum absolute atomic E-state index is 11.2. The van der Waals surface area contributed by atoms with Crippen molar-refractivity contribution < 1.29 is 9.82 Å². The third-order valence-corrected chi connectivity index (χ3v) is 5.09. The average molecular weight is 346 g/mol. The summed E-state index contributed by atoms with van der Waals surface area (Å²) in [4.78, 5) is 12.3. The van der Waals surface area contributed by atoms with Crippen LogP contribution in [0, 0.1) is 16.0 Å². The lowest BCUT2D eigenvalue weighted by Crippen LogP contribution is -3.11. The predicted molar refractivity (Wildman–Crippen MR) is 95.4 cm³/mol. The third kappa shape index (κ3) is 4.34. The maximum atomic E-state index is 11.2. The first-order valence-corrected chi connectivity index (χ1v) is 8.80. The summed E-state index contributed by atoms with van der Waals surface area (Å²) in [6, 6.07) is 15.5. The van der Waals surface area contributed by atoms with E-state index in [1.54, 1.807) is 12.1 Å². The Balaban J connectivity index is 1.58. The minimum Gasteiger partial charge on any atom is -0.331 e. The first-order chi connectivity index (χ1) is 11.6. The van der Waals surface area contributed by atoms with Crippen LogP contribution in [-0.2, 0) is 13.0 Å². The Kier molecular flexibility index (Phi) is 5.48. The Bertz CT molecular complexity index is 698. The van der Waals surface area contributed by atoms with Gasteiger partial charge in [0.2, 0.25) is 0 Å². The number of nitrogens with one attached hydrogen (secondary N) is 1. The van der Waals surface area contributed by atoms with Crippen LogP contribution in [0.5, 0.6) is 0 Å². The zero-order valence-electron chi connectivity index (χ0n) is 13.6. The van der Waals surface area contributed by atoms with E-state index < -0.39 is 0 Å². The molecule has 5 heteroatoms. The van der Waals surface area contributed by atoms with Gasteiger partial charge >= 0.3 is 0 Å². The summed E-state index contributed by atoms with van der Waals surface area (Å²) in [5.74, 6) is 0.713. The van der Waals surface area contributed by atoms with Crippen molar-refractivity contribution >= 4 is 17.3 Å². The van der Waals surface area contributed by atoms with Crippen LogP contribution in [-0.4, -0.2) is 18.0 Å². The summed E-state index contributed by atoms with van der Waals surface area (Å²) < 4.78 is 0. The summed E-state index contributed by atoms with van der Waals surface area (Å²) in [6.07, 6.45) is 3.46. The Morgan fingerprint density at radius 2 is 1.83 bits per heavy atom. The maximum Gasteiger partial charge on any atom is 0.278 e. The number of hydrogen-bond acceptors (Lipinski definition) is 2. The van der Waals surface area contributed by atoms with Crippen molar-refractivity contribution in [2.45, 2.75) is 25.8 Å². The Morgan fingerprint density at radius 1 is 1.12 bits per heavy atom. The molecule has 0 aromatic heterocycles. The molecule has 0 spiro atoms. The number of halogens is 1. The minimum atomic E-state index is -0.312. The average Bonchev–Trinajstić information content (AvgIpc) is 2.57. The van der Waals surface area contributed by atoms with E-state index in [9.17, 15) is 10.1 Å². The fraction of sp³-hybridized carbons (Fsp3) is 0.368. The highest BCUT2D eigenvalue weighted by Gasteiger charge is 2.25. The van der Waals surface area contributed by atoms with E-state index in [4.69, 9.17) is 11.6 Å². The molecule has 0 radical (unpaired) electrons. The number of benzene rings is 2. The molecule has 1 aliphatic rings. The summed E-state index contributed by atoms with van der Waals surface area (Å²) in [6.45, 7) is 2.79. The van der Waals surface area contributed by atoms with Crippen molar-refractivity contribution in [2.75, 3.05) is 13.1 Å². The van der Waals surface area contributed by atoms with E-state index in [1.807, 2.05) is 6.07 Å². The number of piperidine rings is 1. The number of hydrogen-bond donors (Lipinski definition) is 1. The smallest absolute Gasteiger partial charge is 0.278 e. The van der Waals surface area contributed by atoms with Gasteiger partial charge < -0.3 is 4.90 Å². The van der Waals surface area contributed by atoms with Gasteiger partial charge in [-0.3, -0.25) is 10.1 Å². The molecule has 0 bridgehead atoms. The fourth-order valence-corrected chi connectivity index (χ4v) is 3.75. The highest BCUT2D eigenvalue weighted by Crippen LogP contribution is 2.22. The van der Waals surface area contributed by atoms with Gasteiger partial charge in [-0.25, -0.2) is 0 Å². The molecule has 126 valence electrons. The molecule has 1 fully saturated rings. The molecule has 0 amide bonds. The van der Waals surface area contributed by atoms with Gasteiger partial charge in [0.25, 0.3) is 5.69 Å². The number of nitrogens with zero attached hydrogens (tertiary/aromatic N) is 1. The lowest BCUT2D eigenvalue weighted by atomic mass is 9.90. The Labute approximate surface area is 147 Å². The molecule has 0 aliphatic carbocycles. The van der Waals surface area contributed by atoms with Crippen LogP contribution in [0.25, 0.3) is 0 Å². The van der Waals surface area contributed by atoms with Gasteiger partial charge in [0.05, 0.1) is 23.6 Å². The van der Waals surface area contributed by atoms with Gasteiger partial charge in [0, 0.05) is 11.1 Å². The quantitative estimate of drug-likeness (QED) is 0.667. The van der Waals surface area contributed by atoms with Crippen molar-refractivity contribution in [3.63, 3.8) is 0 Å². The highest BCUT2D eigenvalue weighted by molar-refractivity contribution is 6.30. The van der Waals surface area contributed by atoms with Gasteiger partial charge in [0.15, 0.2) is 0 Å². The molecule has 2 aromatic rings. The molecule has 3 rings (SSSR count). The summed E-state index contributed by atoms with van der Waals surface area (Å²) in [7, 11) is 0. The van der Waals surface area contributed by atoms with Gasteiger partial charge in [-0.05, 0) is 42.9 Å². The van der Waals surface area contributed by atoms with Crippen LogP contribution in [0.1, 0.15) is 24.0 Å². The van der Waals surface area contributed by atoms with E-state index in [2.05, 4.69) is 24.3 Å². The molecule has 0 atom stereocenters. The van der Waals surface area contributed by atoms with Gasteiger partial charge in [-0.1, -0.05) is 41.9 Å². The molecular formula is C19H22ClN2O2+. The van der Waals surface area contributed by atoms with Crippen LogP contribution in [0.2, 0.25) is 5.02 Å². The first-order valence-electron chi connectivity index (χ1n) is 8.42. The van der Waals surface area contributed by atoms with E-state index in [0.29, 0.717) is 17.5 Å². The second kappa shape index (κ2) is 7.77. The zero-order valence-corrected chi connectivity index (χ0v) is 14.3. The lowest BCUT2D eigenvalue weighted by Gasteiger charge is -2.29. The van der Waals surface area contributed by atoms with Crippen molar-refractivity contribution in [3.8, 4) is 0 Å². The van der Waals surface area contributed by atoms with Crippen LogP contribution in [0.15, 0.2) is 48.5 Å². The second-order valence-corrected chi connectivity index (χ2v) is 7.03. The normalized spacial score (nSPS) is 20.7. The molecule has 1 saturated heterocycles. The molecule has 1 heterocycles. The molecule has 1 aliphatic heterocycles. The van der Waals surface area contributed by atoms with Crippen LogP contribution in [0.4, 0.5) is 5.69 Å². The summed E-state index contributed by atoms with van der Waals surface area (Å²) in [5.41, 5.74) is 2.32. The molecular weight excluding hydrogens is 324 g/mol. The molecule has 24 heavy (non-hydrogen) atoms. The molecule has 0 unspecified atom stereocenters. The Hall–Kier alpha value is -1.91. The van der Waals surface area contributed by atoms with E-state index in [-0.39, 0.29) is 10.6 Å². The summed E-state index contributed by atoms with van der Waals surface area (Å²) >= 11 is 6.02. The zero-order chi connectivity index (χ0) is 16.9. The lowest BCUT2D eigenvalue weighted by molar-refractivity contribution is -0.919. The van der Waals surface area contributed by atoms with Crippen LogP contribution >= 0.6 is 11.6 Å². The molecule has 1 N–H and O–H groups in total. The number of nitro benzene ring substituents is 1. The monoisotopic (exact) mass is 345 g/mol. The number of likely N-dealkylation sites (tertiary alicyclic amines) is 1. The second-order valence-electron chi connectivity index (χ2n) is 6.59. The van der Waals surface area contributed by atoms with Crippen molar-refractivity contribution in [3.05, 3.63) is 74.8 Å². The Morgan fingerprint density at radius 3 is 2.50 bits per heavy atom. The third-order valence-electron chi connectivity index (χ3n) is 4.86. The van der Waals surface area contributed by atoms with Crippen LogP contribution < -0.4 is 4.90 Å². The van der Waals surface area contributed by atoms with Gasteiger partial charge in [0.1, 0.15) is 6.54 Å². The summed E-state index contributed by atoms with van der Waals surface area (Å²) in [5, 5.41) is 11.7. The van der Waals surface area contributed by atoms with E-state index in [1.165, 1.54) is 29.4 Å². The number of rotatable bonds is 5. The largest absolute Gasteiger partial charge is 0.331 e. The first kappa shape index (κ1) is 16.9. The number of quaternary nitrogens is 1. The van der Waals surface area contributed by atoms with Crippen molar-refractivity contribution in [2.24, 2.45) is 5.92 Å². The molecule has 4 nitrogen and oxygen atoms in total. The van der Waals surface area contributed by atoms with Crippen molar-refractivity contribution in [1.82, 2.24) is 0 Å². The van der Waals surface area contributed by atoms with Crippen LogP contribution in [0.3, 0.4) is 0 Å². The van der Waals surface area contributed by atoms with Gasteiger partial charge in [-0.2, -0.15) is 0 Å².